The Kier molecular flexibility index (Phi) is 6.76. The molecule has 1 unspecified atom stereocenters. The molecule has 1 N–H and O–H groups in total. The molecule has 1 atom stereocenters. The van der Waals surface area contributed by atoms with Crippen LogP contribution in [0.4, 0.5) is 14.5 Å². The highest BCUT2D eigenvalue weighted by molar-refractivity contribution is 5.92. The predicted molar refractivity (Wildman–Crippen MR) is 106 cm³/mol. The fourth-order valence-electron chi connectivity index (χ4n) is 3.20. The number of rotatable bonds is 6. The van der Waals surface area contributed by atoms with Crippen LogP contribution in [0.1, 0.15) is 30.5 Å². The molecule has 1 heterocycles. The number of amides is 1. The lowest BCUT2D eigenvalue weighted by atomic mass is 10.0. The summed E-state index contributed by atoms with van der Waals surface area (Å²) in [4.78, 5) is 14.6. The summed E-state index contributed by atoms with van der Waals surface area (Å²) < 4.78 is 32.0. The number of morpholine rings is 1. The maximum absolute atomic E-state index is 13.7. The number of anilines is 1. The van der Waals surface area contributed by atoms with Gasteiger partial charge in [-0.3, -0.25) is 4.79 Å². The molecule has 1 saturated heterocycles. The van der Waals surface area contributed by atoms with E-state index in [4.69, 9.17) is 4.74 Å². The van der Waals surface area contributed by atoms with Crippen LogP contribution >= 0.6 is 0 Å². The first-order valence-corrected chi connectivity index (χ1v) is 9.43. The van der Waals surface area contributed by atoms with Crippen molar-refractivity contribution in [3.63, 3.8) is 0 Å². The van der Waals surface area contributed by atoms with E-state index in [1.807, 2.05) is 19.1 Å². The van der Waals surface area contributed by atoms with Crippen molar-refractivity contribution in [2.75, 3.05) is 31.2 Å². The smallest absolute Gasteiger partial charge is 0.244 e. The zero-order valence-corrected chi connectivity index (χ0v) is 15.8. The van der Waals surface area contributed by atoms with Gasteiger partial charge in [0.25, 0.3) is 0 Å². The lowest BCUT2D eigenvalue weighted by Crippen LogP contribution is -2.36. The zero-order chi connectivity index (χ0) is 19.9. The van der Waals surface area contributed by atoms with Crippen molar-refractivity contribution in [2.45, 2.75) is 19.4 Å². The third-order valence-electron chi connectivity index (χ3n) is 4.75. The fourth-order valence-corrected chi connectivity index (χ4v) is 3.20. The Morgan fingerprint density at radius 1 is 1.21 bits per heavy atom. The van der Waals surface area contributed by atoms with Crippen LogP contribution in [-0.2, 0) is 9.53 Å². The highest BCUT2D eigenvalue weighted by Gasteiger charge is 2.15. The van der Waals surface area contributed by atoms with Crippen LogP contribution in [0.25, 0.3) is 6.08 Å². The molecule has 3 rings (SSSR count). The molecule has 0 radical (unpaired) electrons. The molecule has 2 aromatic rings. The van der Waals surface area contributed by atoms with Gasteiger partial charge in [-0.05, 0) is 42.3 Å². The molecule has 6 heteroatoms. The molecule has 1 aliphatic rings. The van der Waals surface area contributed by atoms with E-state index in [1.165, 1.54) is 18.2 Å². The minimum Gasteiger partial charge on any atom is -0.378 e. The second-order valence-corrected chi connectivity index (χ2v) is 6.66. The Balaban J connectivity index is 1.67. The first-order valence-electron chi connectivity index (χ1n) is 9.43. The van der Waals surface area contributed by atoms with Crippen LogP contribution in [0.15, 0.2) is 48.5 Å². The third-order valence-corrected chi connectivity index (χ3v) is 4.75. The summed E-state index contributed by atoms with van der Waals surface area (Å²) in [5.74, 6) is -1.67. The molecule has 0 aliphatic carbocycles. The number of halogens is 2. The van der Waals surface area contributed by atoms with Crippen LogP contribution in [0, 0.1) is 11.6 Å². The molecular formula is C22H24F2N2O2. The monoisotopic (exact) mass is 386 g/mol. The van der Waals surface area contributed by atoms with E-state index in [2.05, 4.69) is 22.3 Å². The molecule has 0 saturated carbocycles. The van der Waals surface area contributed by atoms with Gasteiger partial charge in [0.05, 0.1) is 19.3 Å². The number of hydrogen-bond acceptors (Lipinski definition) is 3. The number of carbonyl (C=O) groups is 1. The molecule has 1 aliphatic heterocycles. The van der Waals surface area contributed by atoms with Crippen molar-refractivity contribution in [3.8, 4) is 0 Å². The van der Waals surface area contributed by atoms with Crippen LogP contribution < -0.4 is 10.2 Å². The number of hydrogen-bond donors (Lipinski definition) is 1. The minimum atomic E-state index is -0.700. The summed E-state index contributed by atoms with van der Waals surface area (Å²) in [6, 6.07) is 11.2. The van der Waals surface area contributed by atoms with Gasteiger partial charge in [-0.25, -0.2) is 8.78 Å². The molecule has 2 aromatic carbocycles. The van der Waals surface area contributed by atoms with Crippen molar-refractivity contribution in [3.05, 3.63) is 71.3 Å². The number of ether oxygens (including phenoxy) is 1. The van der Waals surface area contributed by atoms with Gasteiger partial charge in [0.15, 0.2) is 0 Å². The molecule has 1 fully saturated rings. The third kappa shape index (κ3) is 5.16. The van der Waals surface area contributed by atoms with Crippen molar-refractivity contribution < 1.29 is 18.3 Å². The standard InChI is InChI=1S/C22H24F2N2O2/c1-2-21(17-4-3-5-19(14-17)26-10-12-28-13-11-26)25-22(27)9-7-16-6-8-18(23)15-20(16)24/h3-9,14-15,21H,2,10-13H2,1H3,(H,25,27). The van der Waals surface area contributed by atoms with Crippen molar-refractivity contribution in [1.29, 1.82) is 0 Å². The van der Waals surface area contributed by atoms with E-state index in [9.17, 15) is 13.6 Å². The van der Waals surface area contributed by atoms with Crippen LogP contribution in [-0.4, -0.2) is 32.2 Å². The average molecular weight is 386 g/mol. The van der Waals surface area contributed by atoms with E-state index in [0.29, 0.717) is 13.2 Å². The van der Waals surface area contributed by atoms with Crippen LogP contribution in [0.3, 0.4) is 0 Å². The lowest BCUT2D eigenvalue weighted by Gasteiger charge is -2.29. The molecule has 4 nitrogen and oxygen atoms in total. The number of carbonyl (C=O) groups excluding carboxylic acids is 1. The quantitative estimate of drug-likeness (QED) is 0.761. The van der Waals surface area contributed by atoms with Crippen LogP contribution in [0.5, 0.6) is 0 Å². The Morgan fingerprint density at radius 2 is 2.00 bits per heavy atom. The highest BCUT2D eigenvalue weighted by atomic mass is 19.1. The summed E-state index contributed by atoms with van der Waals surface area (Å²) in [6.45, 7) is 5.11. The van der Waals surface area contributed by atoms with E-state index in [-0.39, 0.29) is 17.5 Å². The first kappa shape index (κ1) is 20.0. The van der Waals surface area contributed by atoms with Gasteiger partial charge in [-0.2, -0.15) is 0 Å². The normalized spacial score (nSPS) is 15.6. The molecule has 28 heavy (non-hydrogen) atoms. The largest absolute Gasteiger partial charge is 0.378 e. The van der Waals surface area contributed by atoms with Gasteiger partial charge >= 0.3 is 0 Å². The minimum absolute atomic E-state index is 0.156. The van der Waals surface area contributed by atoms with Gasteiger partial charge < -0.3 is 15.0 Å². The topological polar surface area (TPSA) is 41.6 Å². The van der Waals surface area contributed by atoms with E-state index in [1.54, 1.807) is 0 Å². The van der Waals surface area contributed by atoms with Crippen LogP contribution in [0.2, 0.25) is 0 Å². The SMILES string of the molecule is CCC(NC(=O)C=Cc1ccc(F)cc1F)c1cccc(N2CCOCC2)c1. The van der Waals surface area contributed by atoms with E-state index < -0.39 is 11.6 Å². The lowest BCUT2D eigenvalue weighted by molar-refractivity contribution is -0.117. The summed E-state index contributed by atoms with van der Waals surface area (Å²) in [5.41, 5.74) is 2.29. The van der Waals surface area contributed by atoms with E-state index >= 15 is 0 Å². The molecule has 0 spiro atoms. The first-order chi connectivity index (χ1) is 13.6. The van der Waals surface area contributed by atoms with E-state index in [0.717, 1.165) is 42.9 Å². The summed E-state index contributed by atoms with van der Waals surface area (Å²) in [6.07, 6.45) is 3.34. The Labute approximate surface area is 163 Å². The number of nitrogens with one attached hydrogen (secondary N) is 1. The van der Waals surface area contributed by atoms with Crippen molar-refractivity contribution >= 4 is 17.7 Å². The van der Waals surface area contributed by atoms with Crippen molar-refractivity contribution in [2.24, 2.45) is 0 Å². The average Bonchev–Trinajstić information content (AvgIpc) is 2.72. The molecule has 0 aromatic heterocycles. The maximum Gasteiger partial charge on any atom is 0.244 e. The maximum atomic E-state index is 13.7. The predicted octanol–water partition coefficient (Wildman–Crippen LogP) is 4.08. The van der Waals surface area contributed by atoms with Gasteiger partial charge in [0.1, 0.15) is 11.6 Å². The number of benzene rings is 2. The summed E-state index contributed by atoms with van der Waals surface area (Å²) in [5, 5.41) is 2.95. The molecular weight excluding hydrogens is 362 g/mol. The Morgan fingerprint density at radius 3 is 2.71 bits per heavy atom. The number of nitrogens with zero attached hydrogens (tertiary/aromatic N) is 1. The zero-order valence-electron chi connectivity index (χ0n) is 15.8. The second-order valence-electron chi connectivity index (χ2n) is 6.66. The molecule has 148 valence electrons. The van der Waals surface area contributed by atoms with Gasteiger partial charge in [0.2, 0.25) is 5.91 Å². The second kappa shape index (κ2) is 9.46. The molecule has 0 bridgehead atoms. The van der Waals surface area contributed by atoms with Crippen molar-refractivity contribution in [1.82, 2.24) is 5.32 Å². The highest BCUT2D eigenvalue weighted by Crippen LogP contribution is 2.23. The Bertz CT molecular complexity index is 848. The van der Waals surface area contributed by atoms with Gasteiger partial charge in [0, 0.05) is 36.5 Å². The summed E-state index contributed by atoms with van der Waals surface area (Å²) in [7, 11) is 0. The summed E-state index contributed by atoms with van der Waals surface area (Å²) >= 11 is 0. The fraction of sp³-hybridized carbons (Fsp3) is 0.318. The Hall–Kier alpha value is -2.73. The van der Waals surface area contributed by atoms with Gasteiger partial charge in [-0.15, -0.1) is 0 Å². The molecule has 1 amide bonds. The van der Waals surface area contributed by atoms with Gasteiger partial charge in [-0.1, -0.05) is 19.1 Å².